The Labute approximate surface area is 166 Å². The number of aliphatic hydroxyl groups is 1. The molecular formula is C24H29FN2O. The molecule has 3 aliphatic rings. The van der Waals surface area contributed by atoms with E-state index >= 15 is 0 Å². The van der Waals surface area contributed by atoms with Crippen LogP contribution in [0.15, 0.2) is 48.5 Å². The number of aliphatic hydroxyl groups excluding tert-OH is 1. The smallest absolute Gasteiger partial charge is 0.123 e. The summed E-state index contributed by atoms with van der Waals surface area (Å²) in [5.74, 6) is -0.169. The molecule has 1 saturated heterocycles. The molecule has 1 saturated carbocycles. The van der Waals surface area contributed by atoms with E-state index in [1.165, 1.54) is 31.2 Å². The molecule has 2 aromatic rings. The maximum atomic E-state index is 13.2. The lowest BCUT2D eigenvalue weighted by atomic mass is 9.68. The monoisotopic (exact) mass is 380 g/mol. The van der Waals surface area contributed by atoms with E-state index in [1.54, 1.807) is 12.1 Å². The van der Waals surface area contributed by atoms with Crippen molar-refractivity contribution in [2.45, 2.75) is 49.7 Å². The second kappa shape index (κ2) is 7.16. The number of hydrogen-bond donors (Lipinski definition) is 1. The Balaban J connectivity index is 1.20. The van der Waals surface area contributed by atoms with E-state index in [-0.39, 0.29) is 17.3 Å². The molecule has 1 spiro atoms. The third kappa shape index (κ3) is 3.13. The van der Waals surface area contributed by atoms with E-state index in [0.717, 1.165) is 43.9 Å². The molecule has 1 heterocycles. The molecule has 0 radical (unpaired) electrons. The van der Waals surface area contributed by atoms with E-state index in [2.05, 4.69) is 28.0 Å². The highest BCUT2D eigenvalue weighted by Crippen LogP contribution is 2.53. The van der Waals surface area contributed by atoms with Gasteiger partial charge >= 0.3 is 0 Å². The zero-order valence-corrected chi connectivity index (χ0v) is 16.4. The number of rotatable bonds is 2. The van der Waals surface area contributed by atoms with Gasteiger partial charge in [-0.2, -0.15) is 0 Å². The SMILES string of the molecule is OC1CC2(CCC(N3CCN(c4ccc(F)cc4)CC3)CC2)c2ccccc21. The van der Waals surface area contributed by atoms with Gasteiger partial charge in [-0.1, -0.05) is 24.3 Å². The summed E-state index contributed by atoms with van der Waals surface area (Å²) < 4.78 is 13.2. The molecular weight excluding hydrogens is 351 g/mol. The van der Waals surface area contributed by atoms with Gasteiger partial charge < -0.3 is 10.0 Å². The lowest BCUT2D eigenvalue weighted by molar-refractivity contribution is 0.0935. The van der Waals surface area contributed by atoms with Crippen LogP contribution in [0.25, 0.3) is 0 Å². The highest BCUT2D eigenvalue weighted by molar-refractivity contribution is 5.46. The van der Waals surface area contributed by atoms with Crippen molar-refractivity contribution >= 4 is 5.69 Å². The topological polar surface area (TPSA) is 26.7 Å². The fraction of sp³-hybridized carbons (Fsp3) is 0.500. The van der Waals surface area contributed by atoms with Gasteiger partial charge in [0, 0.05) is 37.9 Å². The first-order valence-electron chi connectivity index (χ1n) is 10.7. The average molecular weight is 381 g/mol. The summed E-state index contributed by atoms with van der Waals surface area (Å²) in [5, 5.41) is 10.5. The quantitative estimate of drug-likeness (QED) is 0.843. The molecule has 3 nitrogen and oxygen atoms in total. The summed E-state index contributed by atoms with van der Waals surface area (Å²) in [4.78, 5) is 5.02. The maximum absolute atomic E-state index is 13.2. The Hall–Kier alpha value is -1.91. The molecule has 148 valence electrons. The van der Waals surface area contributed by atoms with Crippen LogP contribution in [0.1, 0.15) is 49.3 Å². The van der Waals surface area contributed by atoms with Crippen molar-refractivity contribution in [3.63, 3.8) is 0 Å². The third-order valence-corrected chi connectivity index (χ3v) is 7.41. The highest BCUT2D eigenvalue weighted by Gasteiger charge is 2.45. The predicted octanol–water partition coefficient (Wildman–Crippen LogP) is 4.27. The van der Waals surface area contributed by atoms with Crippen LogP contribution in [-0.4, -0.2) is 42.2 Å². The molecule has 0 bridgehead atoms. The Kier molecular flexibility index (Phi) is 4.64. The highest BCUT2D eigenvalue weighted by atomic mass is 19.1. The summed E-state index contributed by atoms with van der Waals surface area (Å²) >= 11 is 0. The number of halogens is 1. The van der Waals surface area contributed by atoms with Gasteiger partial charge in [-0.3, -0.25) is 4.90 Å². The van der Waals surface area contributed by atoms with Crippen LogP contribution in [0.4, 0.5) is 10.1 Å². The summed E-state index contributed by atoms with van der Waals surface area (Å²) in [6.45, 7) is 4.17. The van der Waals surface area contributed by atoms with Gasteiger partial charge in [0.15, 0.2) is 0 Å². The summed E-state index contributed by atoms with van der Waals surface area (Å²) in [6.07, 6.45) is 5.42. The lowest BCUT2D eigenvalue weighted by Crippen LogP contribution is -2.52. The average Bonchev–Trinajstić information content (AvgIpc) is 3.01. The molecule has 1 atom stereocenters. The zero-order chi connectivity index (χ0) is 19.1. The van der Waals surface area contributed by atoms with Crippen LogP contribution in [0.3, 0.4) is 0 Å². The number of hydrogen-bond acceptors (Lipinski definition) is 3. The van der Waals surface area contributed by atoms with Gasteiger partial charge in [0.2, 0.25) is 0 Å². The van der Waals surface area contributed by atoms with Crippen molar-refractivity contribution in [3.05, 3.63) is 65.5 Å². The molecule has 0 amide bonds. The van der Waals surface area contributed by atoms with Crippen molar-refractivity contribution < 1.29 is 9.50 Å². The van der Waals surface area contributed by atoms with Crippen LogP contribution in [0.2, 0.25) is 0 Å². The largest absolute Gasteiger partial charge is 0.388 e. The third-order valence-electron chi connectivity index (χ3n) is 7.41. The summed E-state index contributed by atoms with van der Waals surface area (Å²) in [6, 6.07) is 16.1. The Morgan fingerprint density at radius 1 is 0.893 bits per heavy atom. The summed E-state index contributed by atoms with van der Waals surface area (Å²) in [7, 11) is 0. The minimum atomic E-state index is -0.285. The van der Waals surface area contributed by atoms with Crippen LogP contribution in [0, 0.1) is 5.82 Å². The lowest BCUT2D eigenvalue weighted by Gasteiger charge is -2.45. The molecule has 1 aliphatic heterocycles. The van der Waals surface area contributed by atoms with E-state index in [1.807, 2.05) is 18.2 Å². The Bertz CT molecular complexity index is 821. The molecule has 2 fully saturated rings. The van der Waals surface area contributed by atoms with Crippen LogP contribution >= 0.6 is 0 Å². The van der Waals surface area contributed by atoms with Gasteiger partial charge in [-0.15, -0.1) is 0 Å². The van der Waals surface area contributed by atoms with Gasteiger partial charge in [-0.25, -0.2) is 4.39 Å². The van der Waals surface area contributed by atoms with Crippen LogP contribution < -0.4 is 4.90 Å². The molecule has 1 unspecified atom stereocenters. The molecule has 2 aliphatic carbocycles. The van der Waals surface area contributed by atoms with Gasteiger partial charge in [-0.05, 0) is 72.9 Å². The molecule has 2 aromatic carbocycles. The van der Waals surface area contributed by atoms with E-state index < -0.39 is 0 Å². The van der Waals surface area contributed by atoms with Crippen molar-refractivity contribution in [2.75, 3.05) is 31.1 Å². The fourth-order valence-corrected chi connectivity index (χ4v) is 5.85. The summed E-state index contributed by atoms with van der Waals surface area (Å²) in [5.41, 5.74) is 3.89. The van der Waals surface area contributed by atoms with Crippen LogP contribution in [0.5, 0.6) is 0 Å². The Morgan fingerprint density at radius 3 is 2.29 bits per heavy atom. The maximum Gasteiger partial charge on any atom is 0.123 e. The number of benzene rings is 2. The fourth-order valence-electron chi connectivity index (χ4n) is 5.85. The molecule has 5 rings (SSSR count). The second-order valence-electron chi connectivity index (χ2n) is 8.82. The first-order chi connectivity index (χ1) is 13.6. The van der Waals surface area contributed by atoms with E-state index in [4.69, 9.17) is 0 Å². The minimum absolute atomic E-state index is 0.169. The van der Waals surface area contributed by atoms with Gasteiger partial charge in [0.05, 0.1) is 6.10 Å². The van der Waals surface area contributed by atoms with Gasteiger partial charge in [0.25, 0.3) is 0 Å². The van der Waals surface area contributed by atoms with E-state index in [0.29, 0.717) is 6.04 Å². The Morgan fingerprint density at radius 2 is 1.57 bits per heavy atom. The molecule has 1 N–H and O–H groups in total. The standard InChI is InChI=1S/C24H29FN2O/c25-18-5-7-19(8-6-18)26-13-15-27(16-14-26)20-9-11-24(12-10-20)17-23(28)21-3-1-2-4-22(21)24/h1-8,20,23,28H,9-17H2. The predicted molar refractivity (Wildman–Crippen MR) is 110 cm³/mol. The van der Waals surface area contributed by atoms with Gasteiger partial charge in [0.1, 0.15) is 5.82 Å². The first-order valence-corrected chi connectivity index (χ1v) is 10.7. The molecule has 0 aromatic heterocycles. The minimum Gasteiger partial charge on any atom is -0.388 e. The number of nitrogens with zero attached hydrogens (tertiary/aromatic N) is 2. The first kappa shape index (κ1) is 18.1. The molecule has 28 heavy (non-hydrogen) atoms. The second-order valence-corrected chi connectivity index (χ2v) is 8.82. The van der Waals surface area contributed by atoms with Crippen LogP contribution in [-0.2, 0) is 5.41 Å². The van der Waals surface area contributed by atoms with E-state index in [9.17, 15) is 9.50 Å². The number of anilines is 1. The normalized spacial score (nSPS) is 30.6. The number of fused-ring (bicyclic) bond motifs is 2. The number of piperazine rings is 1. The van der Waals surface area contributed by atoms with Crippen molar-refractivity contribution in [2.24, 2.45) is 0 Å². The molecule has 4 heteroatoms. The van der Waals surface area contributed by atoms with Crippen molar-refractivity contribution in [1.29, 1.82) is 0 Å². The van der Waals surface area contributed by atoms with Crippen molar-refractivity contribution in [3.8, 4) is 0 Å². The van der Waals surface area contributed by atoms with Crippen molar-refractivity contribution in [1.82, 2.24) is 4.90 Å². The zero-order valence-electron chi connectivity index (χ0n) is 16.4.